The zero-order valence-electron chi connectivity index (χ0n) is 7.83. The SMILES string of the molecule is [N-]=[N+]=Nc1ccc(N2CCOC2=O)cc1. The zero-order valence-corrected chi connectivity index (χ0v) is 7.83. The third-order valence-electron chi connectivity index (χ3n) is 2.08. The molecule has 0 aliphatic carbocycles. The van der Waals surface area contributed by atoms with Crippen molar-refractivity contribution in [2.24, 2.45) is 5.11 Å². The number of nitrogens with zero attached hydrogens (tertiary/aromatic N) is 4. The van der Waals surface area contributed by atoms with Gasteiger partial charge >= 0.3 is 6.09 Å². The number of benzene rings is 1. The van der Waals surface area contributed by atoms with E-state index in [0.717, 1.165) is 5.69 Å². The number of carbonyl (C=O) groups excluding carboxylic acids is 1. The number of cyclic esters (lactones) is 1. The molecule has 1 aliphatic rings. The fourth-order valence-corrected chi connectivity index (χ4v) is 1.38. The highest BCUT2D eigenvalue weighted by Crippen LogP contribution is 2.22. The molecule has 2 rings (SSSR count). The number of azide groups is 1. The topological polar surface area (TPSA) is 78.3 Å². The number of hydrogen-bond acceptors (Lipinski definition) is 3. The molecular weight excluding hydrogens is 196 g/mol. The Morgan fingerprint density at radius 3 is 2.67 bits per heavy atom. The van der Waals surface area contributed by atoms with Crippen molar-refractivity contribution >= 4 is 17.5 Å². The number of rotatable bonds is 2. The molecule has 1 amide bonds. The first-order valence-electron chi connectivity index (χ1n) is 4.41. The van der Waals surface area contributed by atoms with Crippen LogP contribution in [0.25, 0.3) is 10.4 Å². The number of carbonyl (C=O) groups is 1. The molecule has 6 nitrogen and oxygen atoms in total. The minimum Gasteiger partial charge on any atom is -0.447 e. The third-order valence-corrected chi connectivity index (χ3v) is 2.08. The van der Waals surface area contributed by atoms with Crippen LogP contribution in [-0.2, 0) is 4.74 Å². The molecule has 1 heterocycles. The Hall–Kier alpha value is -2.20. The van der Waals surface area contributed by atoms with Gasteiger partial charge in [-0.05, 0) is 17.7 Å². The number of ether oxygens (including phenoxy) is 1. The summed E-state index contributed by atoms with van der Waals surface area (Å²) in [6, 6.07) is 6.74. The molecular formula is C9H8N4O2. The van der Waals surface area contributed by atoms with Crippen molar-refractivity contribution < 1.29 is 9.53 Å². The molecule has 1 aliphatic heterocycles. The van der Waals surface area contributed by atoms with E-state index in [1.54, 1.807) is 24.3 Å². The van der Waals surface area contributed by atoms with E-state index in [2.05, 4.69) is 10.0 Å². The molecule has 6 heteroatoms. The van der Waals surface area contributed by atoms with Crippen LogP contribution in [0.4, 0.5) is 16.2 Å². The lowest BCUT2D eigenvalue weighted by molar-refractivity contribution is 0.181. The monoisotopic (exact) mass is 204 g/mol. The van der Waals surface area contributed by atoms with Crippen molar-refractivity contribution in [3.8, 4) is 0 Å². The fraction of sp³-hybridized carbons (Fsp3) is 0.222. The first-order valence-corrected chi connectivity index (χ1v) is 4.41. The number of amides is 1. The van der Waals surface area contributed by atoms with Crippen LogP contribution >= 0.6 is 0 Å². The predicted molar refractivity (Wildman–Crippen MR) is 53.9 cm³/mol. The lowest BCUT2D eigenvalue weighted by atomic mass is 10.2. The summed E-state index contributed by atoms with van der Waals surface area (Å²) in [7, 11) is 0. The second-order valence-corrected chi connectivity index (χ2v) is 2.97. The van der Waals surface area contributed by atoms with Gasteiger partial charge in [0.1, 0.15) is 6.61 Å². The van der Waals surface area contributed by atoms with Crippen LogP contribution in [0.1, 0.15) is 0 Å². The highest BCUT2D eigenvalue weighted by molar-refractivity contribution is 5.89. The summed E-state index contributed by atoms with van der Waals surface area (Å²) < 4.78 is 4.80. The smallest absolute Gasteiger partial charge is 0.414 e. The Bertz CT molecular complexity index is 422. The predicted octanol–water partition coefficient (Wildman–Crippen LogP) is 2.59. The Kier molecular flexibility index (Phi) is 2.43. The van der Waals surface area contributed by atoms with Crippen LogP contribution in [-0.4, -0.2) is 19.2 Å². The summed E-state index contributed by atoms with van der Waals surface area (Å²) in [5.41, 5.74) is 9.48. The molecule has 76 valence electrons. The Labute approximate surface area is 85.7 Å². The van der Waals surface area contributed by atoms with Gasteiger partial charge in [0.05, 0.1) is 6.54 Å². The molecule has 0 radical (unpaired) electrons. The highest BCUT2D eigenvalue weighted by atomic mass is 16.6. The Morgan fingerprint density at radius 1 is 1.40 bits per heavy atom. The average molecular weight is 204 g/mol. The zero-order chi connectivity index (χ0) is 10.7. The Morgan fingerprint density at radius 2 is 2.13 bits per heavy atom. The van der Waals surface area contributed by atoms with Gasteiger partial charge in [0.15, 0.2) is 0 Å². The van der Waals surface area contributed by atoms with Crippen LogP contribution in [0.15, 0.2) is 29.4 Å². The van der Waals surface area contributed by atoms with Gasteiger partial charge in [-0.25, -0.2) is 4.79 Å². The molecule has 1 saturated heterocycles. The van der Waals surface area contributed by atoms with Crippen molar-refractivity contribution in [1.82, 2.24) is 0 Å². The summed E-state index contributed by atoms with van der Waals surface area (Å²) >= 11 is 0. The van der Waals surface area contributed by atoms with E-state index in [-0.39, 0.29) is 6.09 Å². The van der Waals surface area contributed by atoms with Gasteiger partial charge in [0, 0.05) is 16.3 Å². The highest BCUT2D eigenvalue weighted by Gasteiger charge is 2.22. The van der Waals surface area contributed by atoms with Crippen molar-refractivity contribution in [1.29, 1.82) is 0 Å². The first kappa shape index (κ1) is 9.36. The largest absolute Gasteiger partial charge is 0.447 e. The summed E-state index contributed by atoms with van der Waals surface area (Å²) in [6.45, 7) is 0.969. The second-order valence-electron chi connectivity index (χ2n) is 2.97. The van der Waals surface area contributed by atoms with E-state index in [1.807, 2.05) is 0 Å². The standard InChI is InChI=1S/C9H8N4O2/c10-12-11-7-1-3-8(4-2-7)13-5-6-15-9(13)14/h1-4H,5-6H2. The fourth-order valence-electron chi connectivity index (χ4n) is 1.38. The quantitative estimate of drug-likeness (QED) is 0.421. The van der Waals surface area contributed by atoms with Crippen LogP contribution in [0.2, 0.25) is 0 Å². The molecule has 1 fully saturated rings. The van der Waals surface area contributed by atoms with Crippen LogP contribution in [0.5, 0.6) is 0 Å². The molecule has 0 aromatic heterocycles. The maximum Gasteiger partial charge on any atom is 0.414 e. The molecule has 15 heavy (non-hydrogen) atoms. The van der Waals surface area contributed by atoms with Crippen molar-refractivity contribution in [3.05, 3.63) is 34.7 Å². The summed E-state index contributed by atoms with van der Waals surface area (Å²) in [4.78, 5) is 15.4. The number of hydrogen-bond donors (Lipinski definition) is 0. The van der Waals surface area contributed by atoms with Gasteiger partial charge in [-0.3, -0.25) is 4.90 Å². The molecule has 0 saturated carbocycles. The summed E-state index contributed by atoms with van der Waals surface area (Å²) in [5.74, 6) is 0. The molecule has 0 N–H and O–H groups in total. The minimum absolute atomic E-state index is 0.341. The molecule has 0 atom stereocenters. The van der Waals surface area contributed by atoms with Crippen molar-refractivity contribution in [3.63, 3.8) is 0 Å². The Balaban J connectivity index is 2.23. The van der Waals surface area contributed by atoms with Crippen LogP contribution < -0.4 is 4.90 Å². The van der Waals surface area contributed by atoms with E-state index >= 15 is 0 Å². The van der Waals surface area contributed by atoms with E-state index in [4.69, 9.17) is 10.3 Å². The molecule has 0 bridgehead atoms. The lowest BCUT2D eigenvalue weighted by Crippen LogP contribution is -2.22. The summed E-state index contributed by atoms with van der Waals surface area (Å²) in [5, 5.41) is 3.44. The molecule has 1 aromatic rings. The average Bonchev–Trinajstić information content (AvgIpc) is 2.66. The number of anilines is 1. The first-order chi connectivity index (χ1) is 7.31. The maximum absolute atomic E-state index is 11.2. The minimum atomic E-state index is -0.341. The van der Waals surface area contributed by atoms with Gasteiger partial charge in [-0.15, -0.1) is 0 Å². The second kappa shape index (κ2) is 3.89. The van der Waals surface area contributed by atoms with Gasteiger partial charge in [-0.1, -0.05) is 17.2 Å². The molecule has 1 aromatic carbocycles. The molecule has 0 spiro atoms. The van der Waals surface area contributed by atoms with Gasteiger partial charge in [0.2, 0.25) is 0 Å². The van der Waals surface area contributed by atoms with Crippen LogP contribution in [0, 0.1) is 0 Å². The van der Waals surface area contributed by atoms with Gasteiger partial charge in [-0.2, -0.15) is 0 Å². The van der Waals surface area contributed by atoms with Crippen molar-refractivity contribution in [2.75, 3.05) is 18.1 Å². The van der Waals surface area contributed by atoms with Gasteiger partial charge < -0.3 is 4.74 Å². The van der Waals surface area contributed by atoms with E-state index in [0.29, 0.717) is 18.8 Å². The third kappa shape index (κ3) is 1.84. The van der Waals surface area contributed by atoms with E-state index < -0.39 is 0 Å². The van der Waals surface area contributed by atoms with Gasteiger partial charge in [0.25, 0.3) is 0 Å². The normalized spacial score (nSPS) is 14.7. The lowest BCUT2D eigenvalue weighted by Gasteiger charge is -2.11. The summed E-state index contributed by atoms with van der Waals surface area (Å²) in [6.07, 6.45) is -0.341. The maximum atomic E-state index is 11.2. The van der Waals surface area contributed by atoms with Crippen molar-refractivity contribution in [2.45, 2.75) is 0 Å². The van der Waals surface area contributed by atoms with E-state index in [9.17, 15) is 4.79 Å². The van der Waals surface area contributed by atoms with E-state index in [1.165, 1.54) is 4.90 Å². The molecule has 0 unspecified atom stereocenters. The van der Waals surface area contributed by atoms with Crippen LogP contribution in [0.3, 0.4) is 0 Å².